The second-order valence-electron chi connectivity index (χ2n) is 6.48. The summed E-state index contributed by atoms with van der Waals surface area (Å²) < 4.78 is 42.4. The highest BCUT2D eigenvalue weighted by molar-refractivity contribution is 7.90. The third kappa shape index (κ3) is 3.93. The van der Waals surface area contributed by atoms with E-state index >= 15 is 0 Å². The van der Waals surface area contributed by atoms with E-state index in [9.17, 15) is 12.8 Å². The van der Waals surface area contributed by atoms with Crippen LogP contribution in [0.25, 0.3) is 11.3 Å². The van der Waals surface area contributed by atoms with Gasteiger partial charge in [-0.05, 0) is 12.1 Å². The number of nitrogens with one attached hydrogen (secondary N) is 1. The van der Waals surface area contributed by atoms with Crippen LogP contribution >= 0.6 is 11.3 Å². The lowest BCUT2D eigenvalue weighted by Crippen LogP contribution is -2.32. The quantitative estimate of drug-likeness (QED) is 0.868. The molecule has 0 amide bonds. The Balaban J connectivity index is 2.40. The summed E-state index contributed by atoms with van der Waals surface area (Å²) in [4.78, 5) is 4.49. The first-order valence-corrected chi connectivity index (χ1v) is 9.87. The standard InChI is InChI=1S/C16H22FN3O2S2/c1-6-20(5)24(21,22)19-12-9-7-8-11(14(12)17)13-10-23-15(18-13)16(2,3)4/h7-10,19H,6H2,1-5H3. The zero-order valence-corrected chi connectivity index (χ0v) is 16.1. The van der Waals surface area contributed by atoms with Crippen LogP contribution in [0.5, 0.6) is 0 Å². The fourth-order valence-electron chi connectivity index (χ4n) is 1.94. The maximum absolute atomic E-state index is 14.8. The Bertz CT molecular complexity index is 826. The van der Waals surface area contributed by atoms with Gasteiger partial charge < -0.3 is 0 Å². The lowest BCUT2D eigenvalue weighted by Gasteiger charge is -2.17. The zero-order valence-electron chi connectivity index (χ0n) is 14.4. The summed E-state index contributed by atoms with van der Waals surface area (Å²) in [7, 11) is -2.35. The Morgan fingerprint density at radius 3 is 2.54 bits per heavy atom. The van der Waals surface area contributed by atoms with Gasteiger partial charge in [-0.2, -0.15) is 12.7 Å². The van der Waals surface area contributed by atoms with Gasteiger partial charge in [-0.3, -0.25) is 4.72 Å². The summed E-state index contributed by atoms with van der Waals surface area (Å²) >= 11 is 1.46. The summed E-state index contributed by atoms with van der Waals surface area (Å²) in [5.41, 5.74) is 0.578. The molecule has 0 aliphatic heterocycles. The minimum absolute atomic E-state index is 0.0851. The number of thiazole rings is 1. The Morgan fingerprint density at radius 2 is 2.00 bits per heavy atom. The first kappa shape index (κ1) is 18.8. The lowest BCUT2D eigenvalue weighted by atomic mass is 9.98. The van der Waals surface area contributed by atoms with Gasteiger partial charge >= 0.3 is 10.2 Å². The van der Waals surface area contributed by atoms with Gasteiger partial charge in [0.05, 0.1) is 16.4 Å². The minimum Gasteiger partial charge on any atom is -0.268 e. The molecule has 0 radical (unpaired) electrons. The maximum Gasteiger partial charge on any atom is 0.301 e. The molecule has 0 aliphatic carbocycles. The van der Waals surface area contributed by atoms with E-state index in [1.165, 1.54) is 24.5 Å². The molecule has 0 unspecified atom stereocenters. The number of rotatable bonds is 5. The SMILES string of the molecule is CCN(C)S(=O)(=O)Nc1cccc(-c2csc(C(C)(C)C)n2)c1F. The van der Waals surface area contributed by atoms with E-state index in [1.807, 2.05) is 20.8 Å². The Kier molecular flexibility index (Phi) is 5.31. The number of nitrogens with zero attached hydrogens (tertiary/aromatic N) is 2. The smallest absolute Gasteiger partial charge is 0.268 e. The van der Waals surface area contributed by atoms with Crippen LogP contribution < -0.4 is 4.72 Å². The second-order valence-corrected chi connectivity index (χ2v) is 9.11. The molecule has 1 aromatic heterocycles. The van der Waals surface area contributed by atoms with Crippen LogP contribution in [0.1, 0.15) is 32.7 Å². The van der Waals surface area contributed by atoms with Crippen molar-refractivity contribution in [3.05, 3.63) is 34.4 Å². The molecular weight excluding hydrogens is 349 g/mol. The molecular formula is C16H22FN3O2S2. The van der Waals surface area contributed by atoms with E-state index in [2.05, 4.69) is 9.71 Å². The number of halogens is 1. The van der Waals surface area contributed by atoms with Crippen LogP contribution in [-0.2, 0) is 15.6 Å². The van der Waals surface area contributed by atoms with Crippen molar-refractivity contribution in [3.8, 4) is 11.3 Å². The molecule has 8 heteroatoms. The van der Waals surface area contributed by atoms with Crippen LogP contribution in [0.2, 0.25) is 0 Å². The fraction of sp³-hybridized carbons (Fsp3) is 0.438. The van der Waals surface area contributed by atoms with E-state index in [4.69, 9.17) is 0 Å². The predicted octanol–water partition coefficient (Wildman–Crippen LogP) is 3.86. The number of benzene rings is 1. The average Bonchev–Trinajstić information content (AvgIpc) is 2.98. The molecule has 0 aliphatic rings. The van der Waals surface area contributed by atoms with Crippen LogP contribution in [0, 0.1) is 5.82 Å². The molecule has 0 atom stereocenters. The number of anilines is 1. The monoisotopic (exact) mass is 371 g/mol. The van der Waals surface area contributed by atoms with Crippen molar-refractivity contribution in [1.82, 2.24) is 9.29 Å². The summed E-state index contributed by atoms with van der Waals surface area (Å²) in [6, 6.07) is 4.60. The second kappa shape index (κ2) is 6.78. The Labute approximate surface area is 146 Å². The van der Waals surface area contributed by atoms with Gasteiger partial charge in [-0.25, -0.2) is 9.37 Å². The number of aromatic nitrogens is 1. The molecule has 1 aromatic carbocycles. The summed E-state index contributed by atoms with van der Waals surface area (Å²) in [6.07, 6.45) is 0. The van der Waals surface area contributed by atoms with Crippen molar-refractivity contribution < 1.29 is 12.8 Å². The van der Waals surface area contributed by atoms with Gasteiger partial charge in [-0.1, -0.05) is 33.8 Å². The fourth-order valence-corrected chi connectivity index (χ4v) is 3.78. The lowest BCUT2D eigenvalue weighted by molar-refractivity contribution is 0.491. The summed E-state index contributed by atoms with van der Waals surface area (Å²) in [6.45, 7) is 8.11. The molecule has 0 fully saturated rings. The predicted molar refractivity (Wildman–Crippen MR) is 97.1 cm³/mol. The molecule has 24 heavy (non-hydrogen) atoms. The normalized spacial score (nSPS) is 12.6. The highest BCUT2D eigenvalue weighted by Crippen LogP contribution is 2.33. The van der Waals surface area contributed by atoms with Crippen LogP contribution in [0.3, 0.4) is 0 Å². The van der Waals surface area contributed by atoms with E-state index in [0.717, 1.165) is 9.31 Å². The highest BCUT2D eigenvalue weighted by atomic mass is 32.2. The largest absolute Gasteiger partial charge is 0.301 e. The first-order chi connectivity index (χ1) is 11.1. The van der Waals surface area contributed by atoms with Crippen molar-refractivity contribution in [2.24, 2.45) is 0 Å². The average molecular weight is 372 g/mol. The minimum atomic E-state index is -3.78. The van der Waals surface area contributed by atoms with Crippen molar-refractivity contribution in [2.75, 3.05) is 18.3 Å². The third-order valence-corrected chi connectivity index (χ3v) is 6.34. The van der Waals surface area contributed by atoms with Gasteiger partial charge in [0, 0.05) is 30.0 Å². The molecule has 0 saturated heterocycles. The van der Waals surface area contributed by atoms with Crippen LogP contribution in [-0.4, -0.2) is 31.3 Å². The Hall–Kier alpha value is -1.51. The summed E-state index contributed by atoms with van der Waals surface area (Å²) in [5, 5.41) is 2.68. The van der Waals surface area contributed by atoms with E-state index in [1.54, 1.807) is 24.4 Å². The van der Waals surface area contributed by atoms with Gasteiger partial charge in [0.25, 0.3) is 0 Å². The molecule has 0 saturated carbocycles. The number of hydrogen-bond donors (Lipinski definition) is 1. The molecule has 0 bridgehead atoms. The van der Waals surface area contributed by atoms with Gasteiger partial charge in [-0.15, -0.1) is 11.3 Å². The van der Waals surface area contributed by atoms with E-state index < -0.39 is 16.0 Å². The van der Waals surface area contributed by atoms with Gasteiger partial charge in [0.2, 0.25) is 0 Å². The van der Waals surface area contributed by atoms with Crippen molar-refractivity contribution in [2.45, 2.75) is 33.1 Å². The molecule has 1 N–H and O–H groups in total. The van der Waals surface area contributed by atoms with Gasteiger partial charge in [0.15, 0.2) is 5.82 Å². The molecule has 0 spiro atoms. The molecule has 132 valence electrons. The molecule has 5 nitrogen and oxygen atoms in total. The van der Waals surface area contributed by atoms with Crippen molar-refractivity contribution in [1.29, 1.82) is 0 Å². The van der Waals surface area contributed by atoms with Crippen LogP contribution in [0.4, 0.5) is 10.1 Å². The van der Waals surface area contributed by atoms with E-state index in [-0.39, 0.29) is 23.2 Å². The van der Waals surface area contributed by atoms with Crippen molar-refractivity contribution in [3.63, 3.8) is 0 Å². The number of hydrogen-bond acceptors (Lipinski definition) is 4. The highest BCUT2D eigenvalue weighted by Gasteiger charge is 2.22. The van der Waals surface area contributed by atoms with E-state index in [0.29, 0.717) is 5.69 Å². The Morgan fingerprint density at radius 1 is 1.33 bits per heavy atom. The molecule has 2 aromatic rings. The topological polar surface area (TPSA) is 62.3 Å². The first-order valence-electron chi connectivity index (χ1n) is 7.55. The van der Waals surface area contributed by atoms with Crippen molar-refractivity contribution >= 4 is 27.2 Å². The third-order valence-electron chi connectivity index (χ3n) is 3.52. The maximum atomic E-state index is 14.8. The molecule has 1 heterocycles. The van der Waals surface area contributed by atoms with Crippen LogP contribution in [0.15, 0.2) is 23.6 Å². The zero-order chi connectivity index (χ0) is 18.1. The summed E-state index contributed by atoms with van der Waals surface area (Å²) in [5.74, 6) is -0.628. The van der Waals surface area contributed by atoms with Gasteiger partial charge in [0.1, 0.15) is 0 Å². The molecule has 2 rings (SSSR count).